The summed E-state index contributed by atoms with van der Waals surface area (Å²) in [5.41, 5.74) is 0.587. The number of rotatable bonds is 5. The highest BCUT2D eigenvalue weighted by molar-refractivity contribution is 5.74. The van der Waals surface area contributed by atoms with E-state index in [9.17, 15) is 9.59 Å². The van der Waals surface area contributed by atoms with Crippen LogP contribution in [0.15, 0.2) is 30.3 Å². The molecule has 150 valence electrons. The van der Waals surface area contributed by atoms with E-state index >= 15 is 0 Å². The van der Waals surface area contributed by atoms with E-state index in [1.807, 2.05) is 58.0 Å². The molecule has 6 nitrogen and oxygen atoms in total. The third-order valence-electron chi connectivity index (χ3n) is 4.62. The largest absolute Gasteiger partial charge is 0.466 e. The molecule has 0 radical (unpaired) electrons. The zero-order chi connectivity index (χ0) is 20.0. The van der Waals surface area contributed by atoms with Crippen molar-refractivity contribution >= 4 is 12.1 Å². The van der Waals surface area contributed by atoms with E-state index < -0.39 is 5.60 Å². The van der Waals surface area contributed by atoms with Crippen LogP contribution in [0.4, 0.5) is 4.79 Å². The Kier molecular flexibility index (Phi) is 7.25. The highest BCUT2D eigenvalue weighted by atomic mass is 16.6. The number of carbonyl (C=O) groups is 2. The Morgan fingerprint density at radius 2 is 1.93 bits per heavy atom. The highest BCUT2D eigenvalue weighted by Gasteiger charge is 2.38. The van der Waals surface area contributed by atoms with E-state index in [0.717, 1.165) is 5.56 Å². The molecule has 0 aliphatic carbocycles. The molecular weight excluding hydrogens is 344 g/mol. The third-order valence-corrected chi connectivity index (χ3v) is 4.62. The lowest BCUT2D eigenvalue weighted by Gasteiger charge is -2.39. The van der Waals surface area contributed by atoms with Gasteiger partial charge in [-0.15, -0.1) is 0 Å². The van der Waals surface area contributed by atoms with Crippen LogP contribution in [0, 0.1) is 5.92 Å². The first kappa shape index (κ1) is 21.2. The number of hydrogen-bond acceptors (Lipinski definition) is 5. The standard InChI is InChI=1S/C21H32N2O4/c1-6-26-19(24)17-12-13-23(20(25)27-21(3,4)5)14-18(17)22-15(2)16-10-8-7-9-11-16/h7-11,15,17-18,22H,6,12-14H2,1-5H3/t15-,17+,18-/m1/s1. The molecule has 1 aromatic rings. The topological polar surface area (TPSA) is 67.9 Å². The van der Waals surface area contributed by atoms with Gasteiger partial charge < -0.3 is 19.7 Å². The zero-order valence-corrected chi connectivity index (χ0v) is 17.0. The summed E-state index contributed by atoms with van der Waals surface area (Å²) in [6.07, 6.45) is 0.209. The molecule has 0 unspecified atom stereocenters. The van der Waals surface area contributed by atoms with Crippen LogP contribution in [0.25, 0.3) is 0 Å². The van der Waals surface area contributed by atoms with Crippen LogP contribution in [0.2, 0.25) is 0 Å². The van der Waals surface area contributed by atoms with Crippen molar-refractivity contribution in [3.05, 3.63) is 35.9 Å². The van der Waals surface area contributed by atoms with Crippen LogP contribution < -0.4 is 5.32 Å². The lowest BCUT2D eigenvalue weighted by atomic mass is 9.90. The molecule has 0 aromatic heterocycles. The van der Waals surface area contributed by atoms with Gasteiger partial charge in [0, 0.05) is 25.2 Å². The van der Waals surface area contributed by atoms with Gasteiger partial charge in [-0.25, -0.2) is 4.79 Å². The fourth-order valence-electron chi connectivity index (χ4n) is 3.30. The van der Waals surface area contributed by atoms with Gasteiger partial charge in [-0.05, 0) is 46.6 Å². The lowest BCUT2D eigenvalue weighted by Crippen LogP contribution is -2.56. The molecule has 2 rings (SSSR count). The minimum atomic E-state index is -0.546. The predicted molar refractivity (Wildman–Crippen MR) is 104 cm³/mol. The van der Waals surface area contributed by atoms with Gasteiger partial charge in [0.05, 0.1) is 12.5 Å². The van der Waals surface area contributed by atoms with Gasteiger partial charge in [0.25, 0.3) is 0 Å². The molecular formula is C21H32N2O4. The number of piperidine rings is 1. The number of nitrogens with zero attached hydrogens (tertiary/aromatic N) is 1. The molecule has 1 heterocycles. The predicted octanol–water partition coefficient (Wildman–Crippen LogP) is 3.53. The average molecular weight is 376 g/mol. The summed E-state index contributed by atoms with van der Waals surface area (Å²) in [5, 5.41) is 3.52. The van der Waals surface area contributed by atoms with Crippen molar-refractivity contribution in [2.75, 3.05) is 19.7 Å². The fraction of sp³-hybridized carbons (Fsp3) is 0.619. The monoisotopic (exact) mass is 376 g/mol. The van der Waals surface area contributed by atoms with E-state index in [-0.39, 0.29) is 30.1 Å². The van der Waals surface area contributed by atoms with E-state index in [1.165, 1.54) is 0 Å². The second-order valence-electron chi connectivity index (χ2n) is 7.98. The first-order valence-electron chi connectivity index (χ1n) is 9.67. The first-order valence-corrected chi connectivity index (χ1v) is 9.67. The molecule has 0 spiro atoms. The number of esters is 1. The van der Waals surface area contributed by atoms with Gasteiger partial charge in [0.2, 0.25) is 0 Å². The molecule has 6 heteroatoms. The SMILES string of the molecule is CCOC(=O)[C@H]1CCN(C(=O)OC(C)(C)C)C[C@H]1N[C@H](C)c1ccccc1. The second kappa shape index (κ2) is 9.22. The van der Waals surface area contributed by atoms with Crippen LogP contribution in [0.5, 0.6) is 0 Å². The molecule has 1 aliphatic heterocycles. The quantitative estimate of drug-likeness (QED) is 0.797. The van der Waals surface area contributed by atoms with Crippen molar-refractivity contribution in [1.29, 1.82) is 0 Å². The van der Waals surface area contributed by atoms with Gasteiger partial charge in [0.15, 0.2) is 0 Å². The Labute approximate surface area is 162 Å². The molecule has 1 saturated heterocycles. The molecule has 1 amide bonds. The number of carbonyl (C=O) groups excluding carboxylic acids is 2. The van der Waals surface area contributed by atoms with Crippen molar-refractivity contribution in [2.24, 2.45) is 5.92 Å². The average Bonchev–Trinajstić information content (AvgIpc) is 2.61. The third kappa shape index (κ3) is 6.24. The number of likely N-dealkylation sites (tertiary alicyclic amines) is 1. The zero-order valence-electron chi connectivity index (χ0n) is 17.0. The van der Waals surface area contributed by atoms with Crippen molar-refractivity contribution in [1.82, 2.24) is 10.2 Å². The maximum atomic E-state index is 12.5. The van der Waals surface area contributed by atoms with Crippen molar-refractivity contribution in [3.63, 3.8) is 0 Å². The highest BCUT2D eigenvalue weighted by Crippen LogP contribution is 2.24. The Morgan fingerprint density at radius 1 is 1.26 bits per heavy atom. The number of ether oxygens (including phenoxy) is 2. The van der Waals surface area contributed by atoms with Crippen LogP contribution in [-0.4, -0.2) is 48.3 Å². The maximum Gasteiger partial charge on any atom is 0.410 e. The van der Waals surface area contributed by atoms with Gasteiger partial charge in [-0.1, -0.05) is 30.3 Å². The first-order chi connectivity index (χ1) is 12.7. The number of benzene rings is 1. The fourth-order valence-corrected chi connectivity index (χ4v) is 3.30. The van der Waals surface area contributed by atoms with E-state index in [4.69, 9.17) is 9.47 Å². The summed E-state index contributed by atoms with van der Waals surface area (Å²) in [5.74, 6) is -0.492. The molecule has 27 heavy (non-hydrogen) atoms. The van der Waals surface area contributed by atoms with Crippen LogP contribution in [0.3, 0.4) is 0 Å². The van der Waals surface area contributed by atoms with Gasteiger partial charge >= 0.3 is 12.1 Å². The summed E-state index contributed by atoms with van der Waals surface area (Å²) in [7, 11) is 0. The van der Waals surface area contributed by atoms with Crippen molar-refractivity contribution < 1.29 is 19.1 Å². The summed E-state index contributed by atoms with van der Waals surface area (Å²) in [6, 6.07) is 9.90. The van der Waals surface area contributed by atoms with Gasteiger partial charge in [-0.3, -0.25) is 4.79 Å². The molecule has 1 fully saturated rings. The minimum absolute atomic E-state index is 0.0479. The van der Waals surface area contributed by atoms with E-state index in [1.54, 1.807) is 4.90 Å². The molecule has 0 saturated carbocycles. The van der Waals surface area contributed by atoms with E-state index in [2.05, 4.69) is 12.2 Å². The summed E-state index contributed by atoms with van der Waals surface area (Å²) in [6.45, 7) is 10.7. The molecule has 1 aliphatic rings. The number of amides is 1. The Hall–Kier alpha value is -2.08. The van der Waals surface area contributed by atoms with Gasteiger partial charge in [-0.2, -0.15) is 0 Å². The Balaban J connectivity index is 2.12. The summed E-state index contributed by atoms with van der Waals surface area (Å²) >= 11 is 0. The Bertz CT molecular complexity index is 627. The van der Waals surface area contributed by atoms with Crippen LogP contribution >= 0.6 is 0 Å². The molecule has 1 aromatic carbocycles. The van der Waals surface area contributed by atoms with Crippen LogP contribution in [0.1, 0.15) is 52.6 Å². The van der Waals surface area contributed by atoms with E-state index in [0.29, 0.717) is 26.1 Å². The molecule has 3 atom stereocenters. The molecule has 1 N–H and O–H groups in total. The maximum absolute atomic E-state index is 12.5. The normalized spacial score (nSPS) is 21.4. The number of nitrogens with one attached hydrogen (secondary N) is 1. The number of hydrogen-bond donors (Lipinski definition) is 1. The molecule has 0 bridgehead atoms. The summed E-state index contributed by atoms with van der Waals surface area (Å²) < 4.78 is 10.8. The second-order valence-corrected chi connectivity index (χ2v) is 7.98. The van der Waals surface area contributed by atoms with Crippen molar-refractivity contribution in [2.45, 2.75) is 58.7 Å². The Morgan fingerprint density at radius 3 is 2.52 bits per heavy atom. The van der Waals surface area contributed by atoms with Crippen LogP contribution in [-0.2, 0) is 14.3 Å². The van der Waals surface area contributed by atoms with Crippen molar-refractivity contribution in [3.8, 4) is 0 Å². The minimum Gasteiger partial charge on any atom is -0.466 e. The lowest BCUT2D eigenvalue weighted by molar-refractivity contribution is -0.151. The summed E-state index contributed by atoms with van der Waals surface area (Å²) in [4.78, 5) is 26.6. The van der Waals surface area contributed by atoms with Gasteiger partial charge in [0.1, 0.15) is 5.60 Å². The smallest absolute Gasteiger partial charge is 0.410 e.